The Bertz CT molecular complexity index is 2410. The van der Waals surface area contributed by atoms with Crippen molar-refractivity contribution >= 4 is 46.9 Å². The third kappa shape index (κ3) is 6.57. The number of imide groups is 2. The van der Waals surface area contributed by atoms with Crippen LogP contribution in [-0.2, 0) is 24.6 Å². The van der Waals surface area contributed by atoms with Gasteiger partial charge in [0.15, 0.2) is 12.4 Å². The van der Waals surface area contributed by atoms with Crippen LogP contribution in [0.4, 0.5) is 11.5 Å². The Hall–Kier alpha value is -6.84. The maximum atomic E-state index is 14.6. The molecule has 0 aliphatic carbocycles. The molecule has 9 rings (SSSR count). The number of fused-ring (bicyclic) bond motifs is 1. The minimum atomic E-state index is -1.08. The van der Waals surface area contributed by atoms with Crippen molar-refractivity contribution in [2.75, 3.05) is 56.5 Å². The molecule has 1 unspecified atom stereocenters. The molecule has 1 spiro atoms. The van der Waals surface area contributed by atoms with Gasteiger partial charge in [0.2, 0.25) is 17.7 Å². The van der Waals surface area contributed by atoms with E-state index in [2.05, 4.69) is 20.4 Å². The number of hydrogen-bond donors (Lipinski definition) is 3. The Labute approximate surface area is 338 Å². The van der Waals surface area contributed by atoms with Crippen molar-refractivity contribution in [1.82, 2.24) is 30.2 Å². The number of ether oxygens (including phenoxy) is 1. The molecule has 302 valence electrons. The van der Waals surface area contributed by atoms with Crippen molar-refractivity contribution < 1.29 is 38.6 Å². The van der Waals surface area contributed by atoms with Gasteiger partial charge >= 0.3 is 0 Å². The van der Waals surface area contributed by atoms with Gasteiger partial charge in [0.1, 0.15) is 17.5 Å². The maximum Gasteiger partial charge on any atom is 0.262 e. The molecule has 6 amide bonds. The van der Waals surface area contributed by atoms with E-state index in [4.69, 9.17) is 10.5 Å². The molecule has 0 bridgehead atoms. The quantitative estimate of drug-likeness (QED) is 0.220. The third-order valence-corrected chi connectivity index (χ3v) is 12.6. The fraction of sp³-hybridized carbons (Fsp3) is 0.349. The molecule has 4 fully saturated rings. The van der Waals surface area contributed by atoms with Gasteiger partial charge in [-0.25, -0.2) is 0 Å². The monoisotopic (exact) mass is 798 g/mol. The summed E-state index contributed by atoms with van der Waals surface area (Å²) in [6, 6.07) is 21.9. The zero-order chi connectivity index (χ0) is 41.1. The van der Waals surface area contributed by atoms with Crippen LogP contribution in [-0.4, -0.2) is 117 Å². The van der Waals surface area contributed by atoms with Gasteiger partial charge < -0.3 is 30.3 Å². The number of para-hydroxylation sites is 1. The highest BCUT2D eigenvalue weighted by Crippen LogP contribution is 2.46. The van der Waals surface area contributed by atoms with E-state index in [1.54, 1.807) is 23.1 Å². The zero-order valence-corrected chi connectivity index (χ0v) is 32.1. The number of nitrogens with two attached hydrogens (primary N) is 1. The highest BCUT2D eigenvalue weighted by Gasteiger charge is 2.55. The number of aromatic hydroxyl groups is 1. The Kier molecular flexibility index (Phi) is 9.28. The highest BCUT2D eigenvalue weighted by atomic mass is 16.5. The number of nitrogens with zero attached hydrogens (tertiary/aromatic N) is 6. The van der Waals surface area contributed by atoms with Crippen LogP contribution in [0.25, 0.3) is 11.3 Å². The molecular formula is C43H42N8O8. The van der Waals surface area contributed by atoms with Gasteiger partial charge in [-0.05, 0) is 67.6 Å². The Balaban J connectivity index is 0.824. The number of benzene rings is 3. The summed E-state index contributed by atoms with van der Waals surface area (Å²) in [6.07, 6.45) is 1.91. The van der Waals surface area contributed by atoms with Crippen LogP contribution < -0.4 is 20.7 Å². The standard InChI is InChI=1S/C43H42N8O8/c44-37-33(21-31(46-47-37)29-8-4-5-9-34(29)52)48-18-15-43(16-19-48,26-6-2-1-3-7-26)41(58)50-24-42(25-50)14-17-49(23-42)36(54)22-59-27-10-11-28-30(20-27)40(57)51(39(28)56)32-12-13-35(53)45-38(32)55/h1-11,20-21,32,52H,12-19,22-25H2,(H2,44,47)(H,45,53,55). The summed E-state index contributed by atoms with van der Waals surface area (Å²) >= 11 is 0. The van der Waals surface area contributed by atoms with Crippen molar-refractivity contribution in [1.29, 1.82) is 0 Å². The number of phenols is 1. The predicted octanol–water partition coefficient (Wildman–Crippen LogP) is 2.51. The first kappa shape index (κ1) is 37.7. The number of nitrogen functional groups attached to an aromatic ring is 1. The van der Waals surface area contributed by atoms with Crippen molar-refractivity contribution in [2.45, 2.75) is 43.6 Å². The maximum absolute atomic E-state index is 14.6. The number of phenolic OH excluding ortho intramolecular Hbond substituents is 1. The topological polar surface area (TPSA) is 209 Å². The lowest BCUT2D eigenvalue weighted by Crippen LogP contribution is -2.64. The summed E-state index contributed by atoms with van der Waals surface area (Å²) in [7, 11) is 0. The lowest BCUT2D eigenvalue weighted by atomic mass is 9.69. The summed E-state index contributed by atoms with van der Waals surface area (Å²) in [5, 5.41) is 21.0. The number of rotatable bonds is 8. The normalized spacial score (nSPS) is 20.7. The fourth-order valence-corrected chi connectivity index (χ4v) is 9.37. The molecule has 16 heteroatoms. The van der Waals surface area contributed by atoms with E-state index in [1.807, 2.05) is 47.4 Å². The summed E-state index contributed by atoms with van der Waals surface area (Å²) < 4.78 is 5.82. The molecule has 1 atom stereocenters. The van der Waals surface area contributed by atoms with Gasteiger partial charge in [-0.2, -0.15) is 0 Å². The van der Waals surface area contributed by atoms with E-state index in [0.717, 1.165) is 16.9 Å². The average Bonchev–Trinajstić information content (AvgIpc) is 3.79. The zero-order valence-electron chi connectivity index (χ0n) is 32.1. The first-order valence-corrected chi connectivity index (χ1v) is 19.7. The first-order chi connectivity index (χ1) is 28.4. The number of carbonyl (C=O) groups excluding carboxylic acids is 6. The van der Waals surface area contributed by atoms with E-state index < -0.39 is 35.1 Å². The smallest absolute Gasteiger partial charge is 0.262 e. The van der Waals surface area contributed by atoms with Crippen LogP contribution in [0.3, 0.4) is 0 Å². The van der Waals surface area contributed by atoms with Gasteiger partial charge in [0, 0.05) is 56.7 Å². The van der Waals surface area contributed by atoms with Crippen LogP contribution in [0.2, 0.25) is 0 Å². The van der Waals surface area contributed by atoms with Crippen LogP contribution >= 0.6 is 0 Å². The summed E-state index contributed by atoms with van der Waals surface area (Å²) in [6.45, 7) is 2.88. The molecule has 3 aromatic carbocycles. The second-order valence-corrected chi connectivity index (χ2v) is 16.1. The van der Waals surface area contributed by atoms with Gasteiger partial charge in [0.05, 0.1) is 27.9 Å². The number of piperidine rings is 2. The predicted molar refractivity (Wildman–Crippen MR) is 212 cm³/mol. The average molecular weight is 799 g/mol. The second kappa shape index (κ2) is 14.5. The number of amides is 6. The molecule has 4 N–H and O–H groups in total. The third-order valence-electron chi connectivity index (χ3n) is 12.6. The lowest BCUT2D eigenvalue weighted by molar-refractivity contribution is -0.150. The summed E-state index contributed by atoms with van der Waals surface area (Å²) in [4.78, 5) is 85.0. The van der Waals surface area contributed by atoms with Crippen molar-refractivity contribution in [3.05, 3.63) is 95.6 Å². The molecule has 59 heavy (non-hydrogen) atoms. The Morgan fingerprint density at radius 2 is 1.53 bits per heavy atom. The van der Waals surface area contributed by atoms with Crippen LogP contribution in [0.1, 0.15) is 58.4 Å². The van der Waals surface area contributed by atoms with Crippen LogP contribution in [0.5, 0.6) is 11.5 Å². The molecule has 5 aliphatic heterocycles. The fourth-order valence-electron chi connectivity index (χ4n) is 9.37. The number of hydrogen-bond acceptors (Lipinski definition) is 12. The molecule has 1 aromatic heterocycles. The van der Waals surface area contributed by atoms with E-state index >= 15 is 0 Å². The molecular weight excluding hydrogens is 757 g/mol. The summed E-state index contributed by atoms with van der Waals surface area (Å²) in [5.41, 5.74) is 8.27. The van der Waals surface area contributed by atoms with Gasteiger partial charge in [-0.1, -0.05) is 42.5 Å². The van der Waals surface area contributed by atoms with E-state index in [1.165, 1.54) is 18.2 Å². The largest absolute Gasteiger partial charge is 0.507 e. The Morgan fingerprint density at radius 3 is 2.27 bits per heavy atom. The van der Waals surface area contributed by atoms with Crippen molar-refractivity contribution in [3.8, 4) is 22.8 Å². The van der Waals surface area contributed by atoms with Gasteiger partial charge in [-0.15, -0.1) is 10.2 Å². The van der Waals surface area contributed by atoms with Crippen LogP contribution in [0, 0.1) is 5.41 Å². The number of likely N-dealkylation sites (tertiary alicyclic amines) is 2. The first-order valence-electron chi connectivity index (χ1n) is 19.7. The van der Waals surface area contributed by atoms with Gasteiger partial charge in [0.25, 0.3) is 17.7 Å². The van der Waals surface area contributed by atoms with Crippen molar-refractivity contribution in [2.24, 2.45) is 5.41 Å². The number of nitrogens with one attached hydrogen (secondary N) is 1. The number of aromatic nitrogens is 2. The molecule has 6 heterocycles. The van der Waals surface area contributed by atoms with Gasteiger partial charge in [-0.3, -0.25) is 39.0 Å². The SMILES string of the molecule is Nc1nnc(-c2ccccc2O)cc1N1CCC(C(=O)N2CC3(CCN(C(=O)COc4ccc5c(c4)C(=O)N(C4CCC(=O)NC4=O)C5=O)C3)C2)(c2ccccc2)CC1. The molecule has 0 radical (unpaired) electrons. The van der Waals surface area contributed by atoms with Crippen LogP contribution in [0.15, 0.2) is 78.9 Å². The van der Waals surface area contributed by atoms with Crippen molar-refractivity contribution in [3.63, 3.8) is 0 Å². The lowest BCUT2D eigenvalue weighted by Gasteiger charge is -2.52. The molecule has 16 nitrogen and oxygen atoms in total. The van der Waals surface area contributed by atoms with E-state index in [0.29, 0.717) is 69.1 Å². The minimum Gasteiger partial charge on any atom is -0.507 e. The molecule has 5 aliphatic rings. The molecule has 4 saturated heterocycles. The number of carbonyl (C=O) groups is 6. The van der Waals surface area contributed by atoms with E-state index in [9.17, 15) is 33.9 Å². The Morgan fingerprint density at radius 1 is 0.814 bits per heavy atom. The minimum absolute atomic E-state index is 0.0207. The second-order valence-electron chi connectivity index (χ2n) is 16.1. The highest BCUT2D eigenvalue weighted by molar-refractivity contribution is 6.23. The number of anilines is 2. The summed E-state index contributed by atoms with van der Waals surface area (Å²) in [5.74, 6) is -1.98. The molecule has 4 aromatic rings. The molecule has 0 saturated carbocycles. The van der Waals surface area contributed by atoms with E-state index in [-0.39, 0.29) is 65.1 Å².